The molecule has 0 aliphatic carbocycles. The molecule has 1 nitrogen and oxygen atoms in total. The number of thioether (sulfide) groups is 1. The Morgan fingerprint density at radius 2 is 2.06 bits per heavy atom. The van der Waals surface area contributed by atoms with E-state index in [0.717, 1.165) is 17.7 Å². The Balaban J connectivity index is 2.26. The van der Waals surface area contributed by atoms with Crippen LogP contribution in [0.2, 0.25) is 0 Å². The standard InChI is InChI=1S/C13H18FNS/c1-9-7-8-16-10(2)13(15-9)11-5-3-4-6-12(11)14/h3-6,9-10,13,15H,7-8H2,1-2H3. The first-order chi connectivity index (χ1) is 7.68. The van der Waals surface area contributed by atoms with Crippen LogP contribution in [-0.4, -0.2) is 17.0 Å². The molecular formula is C13H18FNS. The molecule has 16 heavy (non-hydrogen) atoms. The topological polar surface area (TPSA) is 12.0 Å². The third-order valence-electron chi connectivity index (χ3n) is 3.11. The zero-order chi connectivity index (χ0) is 11.5. The number of halogens is 1. The Morgan fingerprint density at radius 1 is 1.31 bits per heavy atom. The molecule has 1 heterocycles. The van der Waals surface area contributed by atoms with Gasteiger partial charge in [0.1, 0.15) is 5.82 Å². The summed E-state index contributed by atoms with van der Waals surface area (Å²) in [7, 11) is 0. The lowest BCUT2D eigenvalue weighted by atomic mass is 10.0. The molecule has 0 bridgehead atoms. The maximum atomic E-state index is 13.8. The summed E-state index contributed by atoms with van der Waals surface area (Å²) in [6.45, 7) is 4.35. The normalized spacial score (nSPS) is 31.1. The van der Waals surface area contributed by atoms with Crippen LogP contribution in [0.4, 0.5) is 4.39 Å². The fourth-order valence-electron chi connectivity index (χ4n) is 2.12. The third kappa shape index (κ3) is 2.58. The van der Waals surface area contributed by atoms with Gasteiger partial charge in [-0.2, -0.15) is 11.8 Å². The molecule has 1 aliphatic rings. The highest BCUT2D eigenvalue weighted by molar-refractivity contribution is 7.99. The molecule has 0 saturated carbocycles. The Hall–Kier alpha value is -0.540. The smallest absolute Gasteiger partial charge is 0.128 e. The minimum atomic E-state index is -0.0958. The molecule has 88 valence electrons. The molecule has 0 spiro atoms. The van der Waals surface area contributed by atoms with Gasteiger partial charge in [0.15, 0.2) is 0 Å². The number of nitrogens with one attached hydrogen (secondary N) is 1. The fraction of sp³-hybridized carbons (Fsp3) is 0.538. The van der Waals surface area contributed by atoms with Crippen LogP contribution in [-0.2, 0) is 0 Å². The van der Waals surface area contributed by atoms with Crippen LogP contribution in [0.3, 0.4) is 0 Å². The predicted molar refractivity (Wildman–Crippen MR) is 68.3 cm³/mol. The van der Waals surface area contributed by atoms with Crippen molar-refractivity contribution in [2.24, 2.45) is 0 Å². The van der Waals surface area contributed by atoms with Gasteiger partial charge in [0.05, 0.1) is 0 Å². The van der Waals surface area contributed by atoms with Crippen LogP contribution in [0, 0.1) is 5.82 Å². The van der Waals surface area contributed by atoms with Gasteiger partial charge < -0.3 is 5.32 Å². The van der Waals surface area contributed by atoms with Gasteiger partial charge >= 0.3 is 0 Å². The first kappa shape index (κ1) is 11.9. The van der Waals surface area contributed by atoms with Crippen LogP contribution in [0.5, 0.6) is 0 Å². The second-order valence-electron chi connectivity index (χ2n) is 4.43. The lowest BCUT2D eigenvalue weighted by Gasteiger charge is -2.25. The van der Waals surface area contributed by atoms with Gasteiger partial charge in [-0.25, -0.2) is 4.39 Å². The summed E-state index contributed by atoms with van der Waals surface area (Å²) in [4.78, 5) is 0. The van der Waals surface area contributed by atoms with E-state index in [1.807, 2.05) is 23.9 Å². The van der Waals surface area contributed by atoms with E-state index in [0.29, 0.717) is 11.3 Å². The van der Waals surface area contributed by atoms with E-state index in [9.17, 15) is 4.39 Å². The summed E-state index contributed by atoms with van der Waals surface area (Å²) in [5, 5.41) is 3.94. The number of benzene rings is 1. The monoisotopic (exact) mass is 239 g/mol. The SMILES string of the molecule is CC1CCSC(C)C(c2ccccc2F)N1. The van der Waals surface area contributed by atoms with Gasteiger partial charge in [0.2, 0.25) is 0 Å². The van der Waals surface area contributed by atoms with Crippen molar-refractivity contribution in [1.29, 1.82) is 0 Å². The van der Waals surface area contributed by atoms with E-state index in [1.54, 1.807) is 12.1 Å². The maximum absolute atomic E-state index is 13.8. The number of hydrogen-bond donors (Lipinski definition) is 1. The summed E-state index contributed by atoms with van der Waals surface area (Å²) < 4.78 is 13.8. The van der Waals surface area contributed by atoms with Gasteiger partial charge in [-0.15, -0.1) is 0 Å². The van der Waals surface area contributed by atoms with Crippen LogP contribution in [0.25, 0.3) is 0 Å². The summed E-state index contributed by atoms with van der Waals surface area (Å²) in [5.74, 6) is 1.06. The van der Waals surface area contributed by atoms with E-state index >= 15 is 0 Å². The summed E-state index contributed by atoms with van der Waals surface area (Å²) >= 11 is 1.93. The van der Waals surface area contributed by atoms with Gasteiger partial charge in [-0.1, -0.05) is 25.1 Å². The van der Waals surface area contributed by atoms with Crippen LogP contribution in [0.15, 0.2) is 24.3 Å². The molecule has 0 radical (unpaired) electrons. The summed E-state index contributed by atoms with van der Waals surface area (Å²) in [5.41, 5.74) is 0.802. The zero-order valence-corrected chi connectivity index (χ0v) is 10.6. The lowest BCUT2D eigenvalue weighted by molar-refractivity contribution is 0.441. The number of hydrogen-bond acceptors (Lipinski definition) is 2. The second-order valence-corrected chi connectivity index (χ2v) is 5.92. The molecule has 1 aromatic rings. The van der Waals surface area contributed by atoms with Crippen LogP contribution in [0.1, 0.15) is 31.9 Å². The van der Waals surface area contributed by atoms with Crippen LogP contribution < -0.4 is 5.32 Å². The van der Waals surface area contributed by atoms with Gasteiger partial charge in [-0.05, 0) is 25.2 Å². The van der Waals surface area contributed by atoms with Crippen molar-refractivity contribution in [2.75, 3.05) is 5.75 Å². The molecular weight excluding hydrogens is 221 g/mol. The van der Waals surface area contributed by atoms with E-state index in [4.69, 9.17) is 0 Å². The minimum Gasteiger partial charge on any atom is -0.306 e. The molecule has 1 aromatic carbocycles. The van der Waals surface area contributed by atoms with Crippen LogP contribution >= 0.6 is 11.8 Å². The Labute approximate surface area is 101 Å². The number of rotatable bonds is 1. The highest BCUT2D eigenvalue weighted by Crippen LogP contribution is 2.31. The summed E-state index contributed by atoms with van der Waals surface area (Å²) in [6.07, 6.45) is 1.15. The molecule has 1 fully saturated rings. The summed E-state index contributed by atoms with van der Waals surface area (Å²) in [6, 6.07) is 7.68. The van der Waals surface area contributed by atoms with Crippen molar-refractivity contribution < 1.29 is 4.39 Å². The Morgan fingerprint density at radius 3 is 2.81 bits per heavy atom. The molecule has 3 atom stereocenters. The van der Waals surface area contributed by atoms with Gasteiger partial charge in [-0.3, -0.25) is 0 Å². The minimum absolute atomic E-state index is 0.0958. The molecule has 3 unspecified atom stereocenters. The Bertz CT molecular complexity index is 356. The fourth-order valence-corrected chi connectivity index (χ4v) is 3.40. The lowest BCUT2D eigenvalue weighted by Crippen LogP contribution is -2.33. The highest BCUT2D eigenvalue weighted by atomic mass is 32.2. The molecule has 0 amide bonds. The molecule has 1 aliphatic heterocycles. The van der Waals surface area contributed by atoms with Crippen molar-refractivity contribution in [3.05, 3.63) is 35.6 Å². The van der Waals surface area contributed by atoms with Crippen molar-refractivity contribution in [1.82, 2.24) is 5.32 Å². The molecule has 0 aromatic heterocycles. The molecule has 2 rings (SSSR count). The zero-order valence-electron chi connectivity index (χ0n) is 9.74. The quantitative estimate of drug-likeness (QED) is 0.806. The first-order valence-electron chi connectivity index (χ1n) is 5.80. The molecule has 1 N–H and O–H groups in total. The van der Waals surface area contributed by atoms with Gasteiger partial charge in [0, 0.05) is 22.9 Å². The van der Waals surface area contributed by atoms with Crippen molar-refractivity contribution in [3.63, 3.8) is 0 Å². The highest BCUT2D eigenvalue weighted by Gasteiger charge is 2.26. The van der Waals surface area contributed by atoms with E-state index in [2.05, 4.69) is 19.2 Å². The largest absolute Gasteiger partial charge is 0.306 e. The second kappa shape index (κ2) is 5.19. The molecule has 1 saturated heterocycles. The van der Waals surface area contributed by atoms with E-state index in [1.165, 1.54) is 0 Å². The van der Waals surface area contributed by atoms with E-state index in [-0.39, 0.29) is 11.9 Å². The van der Waals surface area contributed by atoms with Crippen molar-refractivity contribution in [2.45, 2.75) is 37.6 Å². The Kier molecular flexibility index (Phi) is 3.87. The van der Waals surface area contributed by atoms with E-state index < -0.39 is 0 Å². The predicted octanol–water partition coefficient (Wildman–Crippen LogP) is 3.37. The van der Waals surface area contributed by atoms with Crippen molar-refractivity contribution in [3.8, 4) is 0 Å². The first-order valence-corrected chi connectivity index (χ1v) is 6.85. The average Bonchev–Trinajstić information content (AvgIpc) is 2.42. The third-order valence-corrected chi connectivity index (χ3v) is 4.37. The maximum Gasteiger partial charge on any atom is 0.128 e. The van der Waals surface area contributed by atoms with Gasteiger partial charge in [0.25, 0.3) is 0 Å². The molecule has 3 heteroatoms. The average molecular weight is 239 g/mol. The van der Waals surface area contributed by atoms with Crippen molar-refractivity contribution >= 4 is 11.8 Å².